The molecular formula is C14H19ClN2O. The van der Waals surface area contributed by atoms with Crippen LogP contribution in [0.15, 0.2) is 24.3 Å². The molecule has 0 unspecified atom stereocenters. The zero-order chi connectivity index (χ0) is 12.8. The van der Waals surface area contributed by atoms with E-state index < -0.39 is 0 Å². The van der Waals surface area contributed by atoms with Crippen molar-refractivity contribution in [2.24, 2.45) is 0 Å². The fourth-order valence-electron chi connectivity index (χ4n) is 2.18. The number of hydrogen-bond acceptors (Lipinski definition) is 2. The molecule has 3 nitrogen and oxygen atoms in total. The number of piperidine rings is 1. The van der Waals surface area contributed by atoms with E-state index in [9.17, 15) is 4.79 Å². The highest BCUT2D eigenvalue weighted by Crippen LogP contribution is 2.14. The van der Waals surface area contributed by atoms with Gasteiger partial charge in [-0.1, -0.05) is 11.6 Å². The van der Waals surface area contributed by atoms with E-state index in [1.165, 1.54) is 6.42 Å². The first kappa shape index (κ1) is 13.2. The lowest BCUT2D eigenvalue weighted by Gasteiger charge is -2.26. The minimum absolute atomic E-state index is 0.260. The van der Waals surface area contributed by atoms with Gasteiger partial charge in [0.15, 0.2) is 0 Å². The topological polar surface area (TPSA) is 32.3 Å². The number of nitrogens with zero attached hydrogens (tertiary/aromatic N) is 1. The lowest BCUT2D eigenvalue weighted by Crippen LogP contribution is -2.36. The fraction of sp³-hybridized carbons (Fsp3) is 0.500. The smallest absolute Gasteiger partial charge is 0.224 e. The molecule has 18 heavy (non-hydrogen) atoms. The second-order valence-electron chi connectivity index (χ2n) is 4.63. The standard InChI is InChI=1S/C14H19ClN2O/c15-12-4-6-13(7-5-12)16-9-8-14(18)17-10-2-1-3-11-17/h4-7,16H,1-3,8-11H2. The van der Waals surface area contributed by atoms with Crippen LogP contribution in [0.25, 0.3) is 0 Å². The van der Waals surface area contributed by atoms with Crippen molar-refractivity contribution in [1.82, 2.24) is 4.90 Å². The summed E-state index contributed by atoms with van der Waals surface area (Å²) < 4.78 is 0. The number of halogens is 1. The van der Waals surface area contributed by atoms with Gasteiger partial charge >= 0.3 is 0 Å². The van der Waals surface area contributed by atoms with E-state index in [0.717, 1.165) is 36.6 Å². The van der Waals surface area contributed by atoms with Crippen molar-refractivity contribution in [2.45, 2.75) is 25.7 Å². The molecule has 1 amide bonds. The molecular weight excluding hydrogens is 248 g/mol. The van der Waals surface area contributed by atoms with Crippen molar-refractivity contribution in [1.29, 1.82) is 0 Å². The maximum absolute atomic E-state index is 11.9. The summed E-state index contributed by atoms with van der Waals surface area (Å²) in [6, 6.07) is 7.54. The molecule has 1 aromatic rings. The minimum atomic E-state index is 0.260. The summed E-state index contributed by atoms with van der Waals surface area (Å²) in [5.41, 5.74) is 1.01. The Morgan fingerprint density at radius 1 is 1.17 bits per heavy atom. The normalized spacial score (nSPS) is 15.5. The summed E-state index contributed by atoms with van der Waals surface area (Å²) in [4.78, 5) is 13.9. The van der Waals surface area contributed by atoms with E-state index in [1.54, 1.807) is 0 Å². The molecule has 1 aromatic carbocycles. The first-order valence-corrected chi connectivity index (χ1v) is 6.91. The Bertz CT molecular complexity index is 385. The summed E-state index contributed by atoms with van der Waals surface area (Å²) in [7, 11) is 0. The molecule has 0 bridgehead atoms. The summed E-state index contributed by atoms with van der Waals surface area (Å²) >= 11 is 5.81. The van der Waals surface area contributed by atoms with Gasteiger partial charge in [-0.3, -0.25) is 4.79 Å². The van der Waals surface area contributed by atoms with E-state index >= 15 is 0 Å². The number of hydrogen-bond donors (Lipinski definition) is 1. The van der Waals surface area contributed by atoms with Gasteiger partial charge in [0, 0.05) is 36.8 Å². The van der Waals surface area contributed by atoms with E-state index in [1.807, 2.05) is 29.2 Å². The molecule has 1 heterocycles. The second kappa shape index (κ2) is 6.64. The van der Waals surface area contributed by atoms with Gasteiger partial charge in [0.1, 0.15) is 0 Å². The molecule has 0 aromatic heterocycles. The Morgan fingerprint density at radius 3 is 2.50 bits per heavy atom. The van der Waals surface area contributed by atoms with Crippen molar-refractivity contribution in [3.05, 3.63) is 29.3 Å². The van der Waals surface area contributed by atoms with Crippen LogP contribution in [0.5, 0.6) is 0 Å². The Labute approximate surface area is 113 Å². The van der Waals surface area contributed by atoms with Crippen LogP contribution >= 0.6 is 11.6 Å². The zero-order valence-electron chi connectivity index (χ0n) is 10.5. The largest absolute Gasteiger partial charge is 0.385 e. The predicted octanol–water partition coefficient (Wildman–Crippen LogP) is 3.15. The lowest BCUT2D eigenvalue weighted by molar-refractivity contribution is -0.131. The quantitative estimate of drug-likeness (QED) is 0.908. The number of rotatable bonds is 4. The monoisotopic (exact) mass is 266 g/mol. The molecule has 1 fully saturated rings. The van der Waals surface area contributed by atoms with Gasteiger partial charge in [-0.15, -0.1) is 0 Å². The number of anilines is 1. The number of likely N-dealkylation sites (tertiary alicyclic amines) is 1. The van der Waals surface area contributed by atoms with Crippen LogP contribution < -0.4 is 5.32 Å². The van der Waals surface area contributed by atoms with E-state index in [-0.39, 0.29) is 5.91 Å². The van der Waals surface area contributed by atoms with Crippen molar-refractivity contribution in [3.63, 3.8) is 0 Å². The summed E-state index contributed by atoms with van der Waals surface area (Å²) in [5.74, 6) is 0.260. The Balaban J connectivity index is 1.71. The molecule has 0 aliphatic carbocycles. The number of carbonyl (C=O) groups is 1. The Morgan fingerprint density at radius 2 is 1.83 bits per heavy atom. The molecule has 0 radical (unpaired) electrons. The third kappa shape index (κ3) is 3.91. The number of amides is 1. The van der Waals surface area contributed by atoms with Crippen LogP contribution in [-0.2, 0) is 4.79 Å². The van der Waals surface area contributed by atoms with E-state index in [4.69, 9.17) is 11.6 Å². The van der Waals surface area contributed by atoms with Crippen molar-refractivity contribution in [3.8, 4) is 0 Å². The van der Waals surface area contributed by atoms with Crippen molar-refractivity contribution in [2.75, 3.05) is 25.0 Å². The highest BCUT2D eigenvalue weighted by Gasteiger charge is 2.15. The van der Waals surface area contributed by atoms with Gasteiger partial charge in [0.05, 0.1) is 0 Å². The average Bonchev–Trinajstić information content (AvgIpc) is 2.42. The SMILES string of the molecule is O=C(CCNc1ccc(Cl)cc1)N1CCCCC1. The molecule has 1 aliphatic heterocycles. The molecule has 2 rings (SSSR count). The molecule has 1 aliphatic rings. The fourth-order valence-corrected chi connectivity index (χ4v) is 2.31. The third-order valence-electron chi connectivity index (χ3n) is 3.22. The van der Waals surface area contributed by atoms with Gasteiger partial charge < -0.3 is 10.2 Å². The highest BCUT2D eigenvalue weighted by atomic mass is 35.5. The van der Waals surface area contributed by atoms with Gasteiger partial charge in [-0.2, -0.15) is 0 Å². The highest BCUT2D eigenvalue weighted by molar-refractivity contribution is 6.30. The maximum Gasteiger partial charge on any atom is 0.224 e. The second-order valence-corrected chi connectivity index (χ2v) is 5.06. The molecule has 4 heteroatoms. The molecule has 1 saturated heterocycles. The number of carbonyl (C=O) groups excluding carboxylic acids is 1. The number of nitrogens with one attached hydrogen (secondary N) is 1. The van der Waals surface area contributed by atoms with Gasteiger partial charge in [0.2, 0.25) is 5.91 Å². The van der Waals surface area contributed by atoms with Gasteiger partial charge in [-0.05, 0) is 43.5 Å². The molecule has 0 spiro atoms. The summed E-state index contributed by atoms with van der Waals surface area (Å²) in [5, 5.41) is 3.96. The first-order chi connectivity index (χ1) is 8.75. The minimum Gasteiger partial charge on any atom is -0.385 e. The first-order valence-electron chi connectivity index (χ1n) is 6.53. The molecule has 0 saturated carbocycles. The maximum atomic E-state index is 11.9. The van der Waals surface area contributed by atoms with Crippen molar-refractivity contribution >= 4 is 23.2 Å². The van der Waals surface area contributed by atoms with Crippen LogP contribution in [-0.4, -0.2) is 30.4 Å². The van der Waals surface area contributed by atoms with Crippen molar-refractivity contribution < 1.29 is 4.79 Å². The van der Waals surface area contributed by atoms with Crippen LogP contribution in [0.4, 0.5) is 5.69 Å². The lowest BCUT2D eigenvalue weighted by atomic mass is 10.1. The molecule has 98 valence electrons. The van der Waals surface area contributed by atoms with Crippen LogP contribution in [0.2, 0.25) is 5.02 Å². The van der Waals surface area contributed by atoms with Crippen LogP contribution in [0.3, 0.4) is 0 Å². The van der Waals surface area contributed by atoms with Gasteiger partial charge in [-0.25, -0.2) is 0 Å². The van der Waals surface area contributed by atoms with E-state index in [0.29, 0.717) is 13.0 Å². The Hall–Kier alpha value is -1.22. The van der Waals surface area contributed by atoms with E-state index in [2.05, 4.69) is 5.32 Å². The molecule has 0 atom stereocenters. The van der Waals surface area contributed by atoms with Gasteiger partial charge in [0.25, 0.3) is 0 Å². The van der Waals surface area contributed by atoms with Crippen LogP contribution in [0, 0.1) is 0 Å². The third-order valence-corrected chi connectivity index (χ3v) is 3.47. The Kier molecular flexibility index (Phi) is 4.88. The average molecular weight is 267 g/mol. The predicted molar refractivity (Wildman–Crippen MR) is 75.0 cm³/mol. The van der Waals surface area contributed by atoms with Crippen LogP contribution in [0.1, 0.15) is 25.7 Å². The summed E-state index contributed by atoms with van der Waals surface area (Å²) in [6.45, 7) is 2.54. The summed E-state index contributed by atoms with van der Waals surface area (Å²) in [6.07, 6.45) is 4.11. The molecule has 1 N–H and O–H groups in total. The zero-order valence-corrected chi connectivity index (χ0v) is 11.2. The number of benzene rings is 1.